The van der Waals surface area contributed by atoms with Crippen molar-refractivity contribution in [1.82, 2.24) is 4.57 Å². The first-order valence-corrected chi connectivity index (χ1v) is 6.10. The summed E-state index contributed by atoms with van der Waals surface area (Å²) < 4.78 is 2.06. The lowest BCUT2D eigenvalue weighted by Gasteiger charge is -2.24. The van der Waals surface area contributed by atoms with Crippen molar-refractivity contribution >= 4 is 22.5 Å². The van der Waals surface area contributed by atoms with Gasteiger partial charge in [0.25, 0.3) is 0 Å². The SMILES string of the molecule is Cn1ccc2ccc(NC(=O)C3CCC3)cc21. The van der Waals surface area contributed by atoms with Crippen molar-refractivity contribution in [3.8, 4) is 0 Å². The van der Waals surface area contributed by atoms with Gasteiger partial charge in [0, 0.05) is 30.4 Å². The summed E-state index contributed by atoms with van der Waals surface area (Å²) in [5.74, 6) is 0.406. The molecule has 1 aromatic heterocycles. The van der Waals surface area contributed by atoms with Gasteiger partial charge in [-0.15, -0.1) is 0 Å². The Morgan fingerprint density at radius 1 is 1.35 bits per heavy atom. The summed E-state index contributed by atoms with van der Waals surface area (Å²) >= 11 is 0. The maximum absolute atomic E-state index is 11.8. The number of aryl methyl sites for hydroxylation is 1. The molecule has 3 heteroatoms. The summed E-state index contributed by atoms with van der Waals surface area (Å²) in [6, 6.07) is 8.13. The van der Waals surface area contributed by atoms with Gasteiger partial charge in [0.05, 0.1) is 0 Å². The lowest BCUT2D eigenvalue weighted by molar-refractivity contribution is -0.122. The van der Waals surface area contributed by atoms with Gasteiger partial charge in [0.15, 0.2) is 0 Å². The van der Waals surface area contributed by atoms with Crippen LogP contribution in [0.1, 0.15) is 19.3 Å². The van der Waals surface area contributed by atoms with Crippen LogP contribution in [0.4, 0.5) is 5.69 Å². The number of fused-ring (bicyclic) bond motifs is 1. The molecule has 1 aliphatic carbocycles. The van der Waals surface area contributed by atoms with Gasteiger partial charge >= 0.3 is 0 Å². The second kappa shape index (κ2) is 3.91. The molecule has 17 heavy (non-hydrogen) atoms. The number of aromatic nitrogens is 1. The smallest absolute Gasteiger partial charge is 0.227 e. The number of hydrogen-bond donors (Lipinski definition) is 1. The molecule has 3 nitrogen and oxygen atoms in total. The number of carbonyl (C=O) groups is 1. The third kappa shape index (κ3) is 1.82. The predicted molar refractivity (Wildman–Crippen MR) is 68.9 cm³/mol. The lowest BCUT2D eigenvalue weighted by Crippen LogP contribution is -2.27. The lowest BCUT2D eigenvalue weighted by atomic mass is 9.85. The molecule has 0 aliphatic heterocycles. The normalized spacial score (nSPS) is 15.8. The standard InChI is InChI=1S/C14H16N2O/c1-16-8-7-10-5-6-12(9-13(10)16)15-14(17)11-3-2-4-11/h5-9,11H,2-4H2,1H3,(H,15,17). The Morgan fingerprint density at radius 3 is 2.88 bits per heavy atom. The third-order valence-electron chi connectivity index (χ3n) is 3.63. The molecule has 0 unspecified atom stereocenters. The van der Waals surface area contributed by atoms with Crippen LogP contribution in [0.3, 0.4) is 0 Å². The van der Waals surface area contributed by atoms with Gasteiger partial charge in [-0.1, -0.05) is 12.5 Å². The number of anilines is 1. The van der Waals surface area contributed by atoms with E-state index in [0.29, 0.717) is 0 Å². The van der Waals surface area contributed by atoms with E-state index in [9.17, 15) is 4.79 Å². The topological polar surface area (TPSA) is 34.0 Å². The summed E-state index contributed by atoms with van der Waals surface area (Å²) in [5.41, 5.74) is 2.05. The first kappa shape index (κ1) is 10.4. The first-order chi connectivity index (χ1) is 8.24. The largest absolute Gasteiger partial charge is 0.350 e. The molecule has 2 aromatic rings. The molecule has 1 aliphatic rings. The average molecular weight is 228 g/mol. The maximum atomic E-state index is 11.8. The number of benzene rings is 1. The highest BCUT2D eigenvalue weighted by molar-refractivity contribution is 5.95. The minimum Gasteiger partial charge on any atom is -0.350 e. The van der Waals surface area contributed by atoms with E-state index in [2.05, 4.69) is 16.0 Å². The number of amides is 1. The molecule has 1 aromatic carbocycles. The third-order valence-corrected chi connectivity index (χ3v) is 3.63. The first-order valence-electron chi connectivity index (χ1n) is 6.10. The Hall–Kier alpha value is -1.77. The van der Waals surface area contributed by atoms with Gasteiger partial charge in [-0.05, 0) is 36.4 Å². The number of hydrogen-bond acceptors (Lipinski definition) is 1. The van der Waals surface area contributed by atoms with Gasteiger partial charge in [-0.3, -0.25) is 4.79 Å². The van der Waals surface area contributed by atoms with Crippen molar-refractivity contribution < 1.29 is 4.79 Å². The second-order valence-electron chi connectivity index (χ2n) is 4.82. The molecule has 3 rings (SSSR count). The van der Waals surface area contributed by atoms with Crippen molar-refractivity contribution in [2.75, 3.05) is 5.32 Å². The Kier molecular flexibility index (Phi) is 2.39. The fourth-order valence-corrected chi connectivity index (χ4v) is 2.25. The fraction of sp³-hybridized carbons (Fsp3) is 0.357. The van der Waals surface area contributed by atoms with Crippen LogP contribution in [0, 0.1) is 5.92 Å². The minimum absolute atomic E-state index is 0.171. The number of nitrogens with zero attached hydrogens (tertiary/aromatic N) is 1. The van der Waals surface area contributed by atoms with Crippen LogP contribution in [0.2, 0.25) is 0 Å². The summed E-state index contributed by atoms with van der Waals surface area (Å²) in [5, 5.41) is 4.20. The highest BCUT2D eigenvalue weighted by atomic mass is 16.1. The van der Waals surface area contributed by atoms with Gasteiger partial charge < -0.3 is 9.88 Å². The van der Waals surface area contributed by atoms with Crippen LogP contribution in [0.25, 0.3) is 10.9 Å². The van der Waals surface area contributed by atoms with E-state index in [1.54, 1.807) is 0 Å². The Labute approximate surface area is 100 Å². The molecular weight excluding hydrogens is 212 g/mol. The quantitative estimate of drug-likeness (QED) is 0.842. The van der Waals surface area contributed by atoms with Crippen molar-refractivity contribution in [1.29, 1.82) is 0 Å². The van der Waals surface area contributed by atoms with Crippen LogP contribution in [-0.2, 0) is 11.8 Å². The zero-order valence-corrected chi connectivity index (χ0v) is 9.94. The highest BCUT2D eigenvalue weighted by Gasteiger charge is 2.25. The van der Waals surface area contributed by atoms with Crippen LogP contribution >= 0.6 is 0 Å². The summed E-state index contributed by atoms with van der Waals surface area (Å²) in [6.07, 6.45) is 5.30. The van der Waals surface area contributed by atoms with E-state index in [1.165, 1.54) is 11.8 Å². The molecule has 1 saturated carbocycles. The molecule has 1 amide bonds. The van der Waals surface area contributed by atoms with Gasteiger partial charge in [0.1, 0.15) is 0 Å². The summed E-state index contributed by atoms with van der Waals surface area (Å²) in [4.78, 5) is 11.8. The molecule has 0 saturated heterocycles. The Morgan fingerprint density at radius 2 is 2.18 bits per heavy atom. The van der Waals surface area contributed by atoms with Crippen molar-refractivity contribution in [2.45, 2.75) is 19.3 Å². The van der Waals surface area contributed by atoms with Crippen LogP contribution < -0.4 is 5.32 Å². The number of rotatable bonds is 2. The zero-order chi connectivity index (χ0) is 11.8. The molecule has 1 heterocycles. The van der Waals surface area contributed by atoms with E-state index in [4.69, 9.17) is 0 Å². The van der Waals surface area contributed by atoms with E-state index in [-0.39, 0.29) is 11.8 Å². The summed E-state index contributed by atoms with van der Waals surface area (Å²) in [6.45, 7) is 0. The van der Waals surface area contributed by atoms with E-state index >= 15 is 0 Å². The van der Waals surface area contributed by atoms with E-state index in [1.807, 2.05) is 31.4 Å². The van der Waals surface area contributed by atoms with Crippen molar-refractivity contribution in [2.24, 2.45) is 13.0 Å². The van der Waals surface area contributed by atoms with Gasteiger partial charge in [0.2, 0.25) is 5.91 Å². The molecule has 0 bridgehead atoms. The van der Waals surface area contributed by atoms with Crippen LogP contribution in [0.15, 0.2) is 30.5 Å². The Balaban J connectivity index is 1.84. The molecule has 1 N–H and O–H groups in total. The molecule has 0 radical (unpaired) electrons. The zero-order valence-electron chi connectivity index (χ0n) is 9.94. The molecular formula is C14H16N2O. The number of carbonyl (C=O) groups excluding carboxylic acids is 1. The average Bonchev–Trinajstić information content (AvgIpc) is 2.58. The minimum atomic E-state index is 0.171. The van der Waals surface area contributed by atoms with E-state index < -0.39 is 0 Å². The molecule has 1 fully saturated rings. The summed E-state index contributed by atoms with van der Waals surface area (Å²) in [7, 11) is 2.01. The monoisotopic (exact) mass is 228 g/mol. The molecule has 88 valence electrons. The predicted octanol–water partition coefficient (Wildman–Crippen LogP) is 2.92. The van der Waals surface area contributed by atoms with Gasteiger partial charge in [-0.2, -0.15) is 0 Å². The van der Waals surface area contributed by atoms with E-state index in [0.717, 1.165) is 24.0 Å². The maximum Gasteiger partial charge on any atom is 0.227 e. The second-order valence-corrected chi connectivity index (χ2v) is 4.82. The van der Waals surface area contributed by atoms with Crippen molar-refractivity contribution in [3.63, 3.8) is 0 Å². The van der Waals surface area contributed by atoms with Crippen molar-refractivity contribution in [3.05, 3.63) is 30.5 Å². The van der Waals surface area contributed by atoms with Crippen LogP contribution in [-0.4, -0.2) is 10.5 Å². The fourth-order valence-electron chi connectivity index (χ4n) is 2.25. The van der Waals surface area contributed by atoms with Gasteiger partial charge in [-0.25, -0.2) is 0 Å². The molecule has 0 spiro atoms. The molecule has 0 atom stereocenters. The van der Waals surface area contributed by atoms with Crippen LogP contribution in [0.5, 0.6) is 0 Å². The Bertz CT molecular complexity index is 567. The highest BCUT2D eigenvalue weighted by Crippen LogP contribution is 2.28. The number of nitrogens with one attached hydrogen (secondary N) is 1.